The highest BCUT2D eigenvalue weighted by molar-refractivity contribution is 6.04. The average molecular weight is 769 g/mol. The van der Waals surface area contributed by atoms with Crippen molar-refractivity contribution < 1.29 is 19.1 Å². The molecule has 1 fully saturated rings. The van der Waals surface area contributed by atoms with Crippen molar-refractivity contribution in [2.45, 2.75) is 45.3 Å². The molecule has 0 unspecified atom stereocenters. The molecular formula is C41H41FN12O3. The predicted octanol–water partition coefficient (Wildman–Crippen LogP) is 7.30. The fourth-order valence-electron chi connectivity index (χ4n) is 6.93. The van der Waals surface area contributed by atoms with Gasteiger partial charge in [-0.3, -0.25) is 14.6 Å². The first kappa shape index (κ1) is 38.4. The lowest BCUT2D eigenvalue weighted by molar-refractivity contribution is -0.134. The SMILES string of the molecule is C=C(F)C(=O)Nc1ccc2c(-c3ccccc3CNc3nc(NC[C@H]4CCN(C(=O)Cc5ccc(N=[N+]=[N-])cc5)C[C@@H]4O)nc4c(C(C)C)cnn34)nccc2c1. The van der Waals surface area contributed by atoms with Crippen molar-refractivity contribution in [1.29, 1.82) is 0 Å². The Hall–Kier alpha value is -6.90. The standard InChI is InChI=1S/C41H41FN12O3/c1-24(2)34-22-47-54-38(34)49-40(45-21-29-15-17-53(23-35(29)55)36(56)18-26-8-10-30(11-9-26)51-52-43)50-41(54)46-20-28-6-4-5-7-32(28)37-33-13-12-31(48-39(57)25(3)42)19-27(33)14-16-44-37/h4-14,16,19,22,24,29,35,55H,3,15,17-18,20-21,23H2,1-2H3,(H,48,57)(H2,45,46,49,50)/t29-,35+/m1/s1. The Kier molecular flexibility index (Phi) is 11.3. The van der Waals surface area contributed by atoms with E-state index in [1.807, 2.05) is 36.4 Å². The lowest BCUT2D eigenvalue weighted by Crippen LogP contribution is -2.48. The van der Waals surface area contributed by atoms with Crippen LogP contribution in [-0.2, 0) is 22.6 Å². The van der Waals surface area contributed by atoms with Crippen LogP contribution in [-0.4, -0.2) is 72.1 Å². The van der Waals surface area contributed by atoms with Crippen LogP contribution >= 0.6 is 0 Å². The Morgan fingerprint density at radius 2 is 1.89 bits per heavy atom. The number of likely N-dealkylation sites (tertiary alicyclic amines) is 1. The number of piperidine rings is 1. The number of carbonyl (C=O) groups excluding carboxylic acids is 2. The number of halogens is 1. The van der Waals surface area contributed by atoms with Crippen molar-refractivity contribution in [3.63, 3.8) is 0 Å². The van der Waals surface area contributed by atoms with E-state index in [0.29, 0.717) is 55.0 Å². The van der Waals surface area contributed by atoms with E-state index in [1.54, 1.807) is 58.2 Å². The van der Waals surface area contributed by atoms with Crippen LogP contribution in [0, 0.1) is 5.92 Å². The molecule has 4 heterocycles. The maximum absolute atomic E-state index is 13.3. The van der Waals surface area contributed by atoms with E-state index in [2.05, 4.69) is 51.5 Å². The third kappa shape index (κ3) is 8.67. The van der Waals surface area contributed by atoms with Gasteiger partial charge in [0.05, 0.1) is 24.4 Å². The van der Waals surface area contributed by atoms with Gasteiger partial charge in [0.2, 0.25) is 17.8 Å². The molecule has 3 aromatic carbocycles. The normalized spacial score (nSPS) is 15.4. The maximum atomic E-state index is 13.3. The Morgan fingerprint density at radius 3 is 2.65 bits per heavy atom. The molecule has 0 aliphatic carbocycles. The van der Waals surface area contributed by atoms with Gasteiger partial charge in [-0.05, 0) is 52.6 Å². The number of carbonyl (C=O) groups is 2. The number of anilines is 3. The van der Waals surface area contributed by atoms with E-state index in [1.165, 1.54) is 0 Å². The molecule has 0 spiro atoms. The Labute approximate surface area is 327 Å². The molecule has 0 radical (unpaired) electrons. The van der Waals surface area contributed by atoms with Crippen LogP contribution in [0.3, 0.4) is 0 Å². The number of aliphatic hydroxyl groups excluding tert-OH is 1. The van der Waals surface area contributed by atoms with E-state index in [4.69, 9.17) is 20.5 Å². The largest absolute Gasteiger partial charge is 0.391 e. The monoisotopic (exact) mass is 768 g/mol. The second-order valence-electron chi connectivity index (χ2n) is 14.2. The minimum atomic E-state index is -1.07. The number of hydrogen-bond acceptors (Lipinski definition) is 10. The summed E-state index contributed by atoms with van der Waals surface area (Å²) in [5, 5.41) is 30.3. The van der Waals surface area contributed by atoms with E-state index in [9.17, 15) is 19.1 Å². The van der Waals surface area contributed by atoms with Gasteiger partial charge < -0.3 is 26.0 Å². The third-order valence-electron chi connectivity index (χ3n) is 10.0. The molecule has 1 saturated heterocycles. The molecule has 16 heteroatoms. The molecule has 15 nitrogen and oxygen atoms in total. The summed E-state index contributed by atoms with van der Waals surface area (Å²) in [6, 6.07) is 21.9. The van der Waals surface area contributed by atoms with Crippen molar-refractivity contribution in [3.05, 3.63) is 125 Å². The second-order valence-corrected chi connectivity index (χ2v) is 14.2. The zero-order valence-electron chi connectivity index (χ0n) is 31.4. The van der Waals surface area contributed by atoms with Gasteiger partial charge >= 0.3 is 0 Å². The summed E-state index contributed by atoms with van der Waals surface area (Å²) in [5.41, 5.74) is 14.5. The summed E-state index contributed by atoms with van der Waals surface area (Å²) < 4.78 is 15.0. The summed E-state index contributed by atoms with van der Waals surface area (Å²) >= 11 is 0. The van der Waals surface area contributed by atoms with Crippen molar-refractivity contribution in [1.82, 2.24) is 29.5 Å². The number of benzene rings is 3. The molecule has 1 aliphatic heterocycles. The Balaban J connectivity index is 1.06. The molecule has 6 aromatic rings. The highest BCUT2D eigenvalue weighted by Crippen LogP contribution is 2.32. The summed E-state index contributed by atoms with van der Waals surface area (Å²) in [6.45, 7) is 8.69. The Morgan fingerprint density at radius 1 is 1.09 bits per heavy atom. The average Bonchev–Trinajstić information content (AvgIpc) is 3.65. The van der Waals surface area contributed by atoms with Crippen molar-refractivity contribution in [2.24, 2.45) is 11.0 Å². The van der Waals surface area contributed by atoms with E-state index < -0.39 is 17.8 Å². The highest BCUT2D eigenvalue weighted by Gasteiger charge is 2.30. The molecule has 57 heavy (non-hydrogen) atoms. The molecule has 290 valence electrons. The molecule has 1 aliphatic rings. The smallest absolute Gasteiger partial charge is 0.283 e. The van der Waals surface area contributed by atoms with Crippen LogP contribution in [0.5, 0.6) is 0 Å². The summed E-state index contributed by atoms with van der Waals surface area (Å²) in [6.07, 6.45) is 3.52. The molecule has 7 rings (SSSR count). The zero-order chi connectivity index (χ0) is 40.1. The molecule has 4 N–H and O–H groups in total. The van der Waals surface area contributed by atoms with E-state index in [0.717, 1.165) is 38.7 Å². The van der Waals surface area contributed by atoms with Gasteiger partial charge in [0.1, 0.15) is 0 Å². The van der Waals surface area contributed by atoms with Crippen LogP contribution in [0.1, 0.15) is 42.9 Å². The van der Waals surface area contributed by atoms with Gasteiger partial charge in [-0.2, -0.15) is 19.6 Å². The van der Waals surface area contributed by atoms with Crippen molar-refractivity contribution in [3.8, 4) is 11.3 Å². The first-order valence-corrected chi connectivity index (χ1v) is 18.5. The number of hydrogen-bond donors (Lipinski definition) is 4. The van der Waals surface area contributed by atoms with Gasteiger partial charge in [-0.15, -0.1) is 0 Å². The lowest BCUT2D eigenvalue weighted by Gasteiger charge is -2.36. The highest BCUT2D eigenvalue weighted by atomic mass is 19.1. The van der Waals surface area contributed by atoms with E-state index in [-0.39, 0.29) is 30.7 Å². The fraction of sp³-hybridized carbons (Fsp3) is 0.268. The number of pyridine rings is 1. The number of β-amino-alcohol motifs (C(OH)–C–C–N with tert-alkyl or cyclic N) is 1. The summed E-state index contributed by atoms with van der Waals surface area (Å²) in [4.78, 5) is 43.8. The number of nitrogens with zero attached hydrogens (tertiary/aromatic N) is 9. The molecule has 2 atom stereocenters. The number of aromatic nitrogens is 5. The minimum Gasteiger partial charge on any atom is -0.391 e. The summed E-state index contributed by atoms with van der Waals surface area (Å²) in [7, 11) is 0. The van der Waals surface area contributed by atoms with Gasteiger partial charge in [-0.25, -0.2) is 4.39 Å². The van der Waals surface area contributed by atoms with Gasteiger partial charge in [0.15, 0.2) is 11.5 Å². The number of nitrogens with one attached hydrogen (secondary N) is 3. The number of rotatable bonds is 13. The van der Waals surface area contributed by atoms with Crippen LogP contribution in [0.25, 0.3) is 38.1 Å². The minimum absolute atomic E-state index is 0.0811. The first-order valence-electron chi connectivity index (χ1n) is 18.5. The van der Waals surface area contributed by atoms with Crippen molar-refractivity contribution in [2.75, 3.05) is 35.6 Å². The number of aliphatic hydroxyl groups is 1. The predicted molar refractivity (Wildman–Crippen MR) is 216 cm³/mol. The second kappa shape index (κ2) is 16.9. The van der Waals surface area contributed by atoms with Crippen LogP contribution < -0.4 is 16.0 Å². The van der Waals surface area contributed by atoms with Crippen LogP contribution in [0.2, 0.25) is 0 Å². The van der Waals surface area contributed by atoms with Crippen LogP contribution in [0.4, 0.5) is 27.7 Å². The molecule has 2 amide bonds. The molecule has 0 bridgehead atoms. The maximum Gasteiger partial charge on any atom is 0.283 e. The quantitative estimate of drug-likeness (QED) is 0.0403. The zero-order valence-corrected chi connectivity index (χ0v) is 31.4. The topological polar surface area (TPSA) is 198 Å². The van der Waals surface area contributed by atoms with E-state index >= 15 is 0 Å². The van der Waals surface area contributed by atoms with Gasteiger partial charge in [0, 0.05) is 71.1 Å². The van der Waals surface area contributed by atoms with Gasteiger partial charge in [0.25, 0.3) is 5.91 Å². The molecule has 3 aromatic heterocycles. The van der Waals surface area contributed by atoms with Crippen LogP contribution in [0.15, 0.2) is 103 Å². The first-order chi connectivity index (χ1) is 27.6. The van der Waals surface area contributed by atoms with Gasteiger partial charge in [-0.1, -0.05) is 80.1 Å². The third-order valence-corrected chi connectivity index (χ3v) is 10.0. The number of azide groups is 1. The number of fused-ring (bicyclic) bond motifs is 2. The summed E-state index contributed by atoms with van der Waals surface area (Å²) in [5.74, 6) is -1.19. The molecular weight excluding hydrogens is 728 g/mol. The Bertz CT molecular complexity index is 2520. The van der Waals surface area contributed by atoms with Crippen molar-refractivity contribution >= 4 is 51.5 Å². The number of amides is 2. The molecule has 0 saturated carbocycles. The fourth-order valence-corrected chi connectivity index (χ4v) is 6.93. The lowest BCUT2D eigenvalue weighted by atomic mass is 9.93.